The van der Waals surface area contributed by atoms with Crippen molar-refractivity contribution >= 4 is 21.2 Å². The number of hydrogen-bond donors (Lipinski definition) is 3. The van der Waals surface area contributed by atoms with E-state index < -0.39 is 15.9 Å². The highest BCUT2D eigenvalue weighted by atomic mass is 32.2. The summed E-state index contributed by atoms with van der Waals surface area (Å²) >= 11 is 1.79. The predicted molar refractivity (Wildman–Crippen MR) is 91.4 cm³/mol. The Hall–Kier alpha value is -0.470. The number of rotatable bonds is 5. The lowest BCUT2D eigenvalue weighted by molar-refractivity contribution is -0.951. The number of quaternary nitrogens is 2. The minimum atomic E-state index is -3.06. The zero-order chi connectivity index (χ0) is 16.4. The van der Waals surface area contributed by atoms with Crippen molar-refractivity contribution in [2.75, 3.05) is 31.1 Å². The summed E-state index contributed by atoms with van der Waals surface area (Å²) in [5, 5.41) is 14.2. The molecule has 0 bridgehead atoms. The van der Waals surface area contributed by atoms with Gasteiger partial charge >= 0.3 is 0 Å². The number of nitrogens with one attached hydrogen (secondary N) is 1. The molecule has 23 heavy (non-hydrogen) atoms. The van der Waals surface area contributed by atoms with Crippen LogP contribution in [0.2, 0.25) is 0 Å². The van der Waals surface area contributed by atoms with Gasteiger partial charge in [-0.1, -0.05) is 13.0 Å². The minimum Gasteiger partial charge on any atom is -0.386 e. The van der Waals surface area contributed by atoms with E-state index in [2.05, 4.69) is 29.8 Å². The van der Waals surface area contributed by atoms with E-state index in [0.29, 0.717) is 6.04 Å². The summed E-state index contributed by atoms with van der Waals surface area (Å²) < 4.78 is 23.4. The smallest absolute Gasteiger partial charge is 0.172 e. The first-order chi connectivity index (χ1) is 10.9. The lowest BCUT2D eigenvalue weighted by Gasteiger charge is -2.33. The molecule has 130 valence electrons. The normalized spacial score (nSPS) is 35.2. The van der Waals surface area contributed by atoms with Crippen LogP contribution in [0.15, 0.2) is 17.5 Å². The molecular formula is C16H28N2O3S2+2. The molecule has 0 unspecified atom stereocenters. The van der Waals surface area contributed by atoms with Gasteiger partial charge < -0.3 is 15.3 Å². The van der Waals surface area contributed by atoms with Crippen molar-refractivity contribution in [2.24, 2.45) is 5.92 Å². The molecule has 0 saturated carbocycles. The fraction of sp³-hybridized carbons (Fsp3) is 0.750. The lowest BCUT2D eigenvalue weighted by Crippen LogP contribution is -3.16. The summed E-state index contributed by atoms with van der Waals surface area (Å²) in [6.07, 6.45) is 1.80. The molecule has 4 N–H and O–H groups in total. The van der Waals surface area contributed by atoms with Crippen LogP contribution in [0, 0.1) is 5.92 Å². The fourth-order valence-corrected chi connectivity index (χ4v) is 6.59. The van der Waals surface area contributed by atoms with Gasteiger partial charge in [-0.15, -0.1) is 11.3 Å². The zero-order valence-corrected chi connectivity index (χ0v) is 15.3. The molecule has 2 aliphatic heterocycles. The van der Waals surface area contributed by atoms with Crippen molar-refractivity contribution in [1.82, 2.24) is 0 Å². The third-order valence-electron chi connectivity index (χ3n) is 5.34. The molecule has 3 atom stereocenters. The van der Waals surface area contributed by atoms with Gasteiger partial charge in [0.15, 0.2) is 15.9 Å². The molecule has 2 aliphatic rings. The monoisotopic (exact) mass is 360 g/mol. The summed E-state index contributed by atoms with van der Waals surface area (Å²) in [7, 11) is -3.06. The average Bonchev–Trinajstić information content (AvgIpc) is 3.09. The van der Waals surface area contributed by atoms with Gasteiger partial charge in [0.05, 0.1) is 23.7 Å². The average molecular weight is 361 g/mol. The number of hydrogen-bond acceptors (Lipinski definition) is 4. The van der Waals surface area contributed by atoms with Gasteiger partial charge in [-0.25, -0.2) is 8.42 Å². The molecule has 2 fully saturated rings. The molecule has 0 radical (unpaired) electrons. The summed E-state index contributed by atoms with van der Waals surface area (Å²) in [5.74, 6) is 0.845. The largest absolute Gasteiger partial charge is 0.386 e. The van der Waals surface area contributed by atoms with Crippen molar-refractivity contribution < 1.29 is 23.7 Å². The fourth-order valence-electron chi connectivity index (χ4n) is 3.85. The van der Waals surface area contributed by atoms with Gasteiger partial charge in [0, 0.05) is 0 Å². The van der Waals surface area contributed by atoms with Gasteiger partial charge in [0.2, 0.25) is 0 Å². The molecule has 2 saturated heterocycles. The summed E-state index contributed by atoms with van der Waals surface area (Å²) in [4.78, 5) is 2.98. The number of aliphatic hydroxyl groups excluding tert-OH is 1. The van der Waals surface area contributed by atoms with Gasteiger partial charge in [-0.2, -0.15) is 0 Å². The standard InChI is InChI=1S/C16H26N2O3S2/c1-12-4-6-18(7-5-12)14(16-3-2-8-22-16)9-17-13-10-23(20,21)11-15(13)19/h2-3,8,12-15,17,19H,4-7,9-11H2,1H3/p+2/t13-,14-,15+/m1/s1. The second kappa shape index (κ2) is 7.19. The summed E-state index contributed by atoms with van der Waals surface area (Å²) in [6, 6.07) is 4.48. The van der Waals surface area contributed by atoms with Crippen LogP contribution in [0.5, 0.6) is 0 Å². The van der Waals surface area contributed by atoms with Gasteiger partial charge in [-0.05, 0) is 30.2 Å². The van der Waals surface area contributed by atoms with Crippen molar-refractivity contribution in [3.8, 4) is 0 Å². The molecule has 0 spiro atoms. The topological polar surface area (TPSA) is 75.4 Å². The van der Waals surface area contributed by atoms with Crippen LogP contribution in [0.4, 0.5) is 0 Å². The molecule has 1 aromatic rings. The Bertz CT molecular complexity index is 595. The highest BCUT2D eigenvalue weighted by Gasteiger charge is 2.40. The van der Waals surface area contributed by atoms with Crippen molar-refractivity contribution in [2.45, 2.75) is 38.0 Å². The highest BCUT2D eigenvalue weighted by Crippen LogP contribution is 2.18. The number of aliphatic hydroxyl groups is 1. The van der Waals surface area contributed by atoms with Crippen molar-refractivity contribution in [3.63, 3.8) is 0 Å². The van der Waals surface area contributed by atoms with E-state index in [1.807, 2.05) is 0 Å². The van der Waals surface area contributed by atoms with E-state index in [4.69, 9.17) is 0 Å². The minimum absolute atomic E-state index is 0.0775. The maximum Gasteiger partial charge on any atom is 0.172 e. The molecule has 3 heterocycles. The summed E-state index contributed by atoms with van der Waals surface area (Å²) in [5.41, 5.74) is 0. The van der Waals surface area contributed by atoms with Gasteiger partial charge in [0.25, 0.3) is 0 Å². The Balaban J connectivity index is 1.65. The first-order valence-electron chi connectivity index (χ1n) is 8.54. The van der Waals surface area contributed by atoms with Crippen LogP contribution in [-0.4, -0.2) is 56.8 Å². The molecule has 7 heteroatoms. The number of nitrogens with two attached hydrogens (primary N) is 1. The van der Waals surface area contributed by atoms with Crippen molar-refractivity contribution in [1.29, 1.82) is 0 Å². The van der Waals surface area contributed by atoms with Crippen molar-refractivity contribution in [3.05, 3.63) is 22.4 Å². The van der Waals surface area contributed by atoms with Gasteiger partial charge in [-0.3, -0.25) is 0 Å². The Kier molecular flexibility index (Phi) is 5.42. The second-order valence-electron chi connectivity index (χ2n) is 7.19. The van der Waals surface area contributed by atoms with E-state index in [1.54, 1.807) is 16.2 Å². The molecule has 1 aromatic heterocycles. The molecule has 3 rings (SSSR count). The Morgan fingerprint density at radius 1 is 1.39 bits per heavy atom. The Morgan fingerprint density at radius 3 is 2.70 bits per heavy atom. The highest BCUT2D eigenvalue weighted by molar-refractivity contribution is 7.91. The molecular weight excluding hydrogens is 332 g/mol. The Morgan fingerprint density at radius 2 is 2.13 bits per heavy atom. The third-order valence-corrected chi connectivity index (χ3v) is 8.06. The Labute approximate surface area is 142 Å². The number of likely N-dealkylation sites (tertiary alicyclic amines) is 1. The molecule has 0 aliphatic carbocycles. The van der Waals surface area contributed by atoms with E-state index in [1.165, 1.54) is 30.8 Å². The van der Waals surface area contributed by atoms with Crippen LogP contribution in [0.1, 0.15) is 30.7 Å². The maximum absolute atomic E-state index is 11.7. The van der Waals surface area contributed by atoms with E-state index in [0.717, 1.165) is 12.5 Å². The van der Waals surface area contributed by atoms with Gasteiger partial charge in [0.1, 0.15) is 24.4 Å². The summed E-state index contributed by atoms with van der Waals surface area (Å²) in [6.45, 7) is 5.54. The number of piperidine rings is 1. The predicted octanol–water partition coefficient (Wildman–Crippen LogP) is -1.17. The lowest BCUT2D eigenvalue weighted by atomic mass is 9.97. The van der Waals surface area contributed by atoms with E-state index in [-0.39, 0.29) is 17.5 Å². The molecule has 0 amide bonds. The van der Waals surface area contributed by atoms with Crippen LogP contribution < -0.4 is 10.2 Å². The number of sulfone groups is 1. The molecule has 0 aromatic carbocycles. The second-order valence-corrected chi connectivity index (χ2v) is 10.3. The SMILES string of the molecule is CC1CC[NH+]([C@H](C[NH2+][C@@H]2CS(=O)(=O)C[C@@H]2O)c2cccs2)CC1. The first-order valence-corrected chi connectivity index (χ1v) is 11.2. The molecule has 5 nitrogen and oxygen atoms in total. The van der Waals surface area contributed by atoms with E-state index in [9.17, 15) is 13.5 Å². The first kappa shape index (κ1) is 17.4. The third kappa shape index (κ3) is 4.33. The van der Waals surface area contributed by atoms with Crippen LogP contribution in [-0.2, 0) is 9.84 Å². The van der Waals surface area contributed by atoms with E-state index >= 15 is 0 Å². The van der Waals surface area contributed by atoms with Crippen LogP contribution in [0.25, 0.3) is 0 Å². The van der Waals surface area contributed by atoms with Crippen LogP contribution >= 0.6 is 11.3 Å². The number of thiophene rings is 1. The maximum atomic E-state index is 11.7. The quantitative estimate of drug-likeness (QED) is 0.619. The zero-order valence-electron chi connectivity index (χ0n) is 13.6. The van der Waals surface area contributed by atoms with Crippen LogP contribution in [0.3, 0.4) is 0 Å².